The van der Waals surface area contributed by atoms with Gasteiger partial charge in [0.2, 0.25) is 0 Å². The maximum atomic E-state index is 14.4. The number of ether oxygens (including phenoxy) is 2. The number of hydrogen-bond donors (Lipinski definition) is 3. The number of nitrogens with zero attached hydrogens (tertiary/aromatic N) is 1. The Morgan fingerprint density at radius 2 is 1.97 bits per heavy atom. The molecular weight excluding hydrogens is 503 g/mol. The predicted octanol–water partition coefficient (Wildman–Crippen LogP) is 4.37. The highest BCUT2D eigenvalue weighted by Crippen LogP contribution is 2.55. The number of aliphatic hydroxyl groups excluding tert-OH is 2. The molecule has 3 rings (SSSR count). The van der Waals surface area contributed by atoms with E-state index < -0.39 is 66.9 Å². The monoisotopic (exact) mass is 532 g/mol. The normalized spacial score (nSPS) is 25.5. The van der Waals surface area contributed by atoms with Crippen LogP contribution in [0.15, 0.2) is 30.5 Å². The van der Waals surface area contributed by atoms with Gasteiger partial charge in [0.05, 0.1) is 24.2 Å². The molecule has 0 bridgehead atoms. The van der Waals surface area contributed by atoms with Crippen molar-refractivity contribution in [1.82, 2.24) is 4.98 Å². The first-order valence-corrected chi connectivity index (χ1v) is 11.6. The fourth-order valence-corrected chi connectivity index (χ4v) is 4.35. The maximum Gasteiger partial charge on any atom is 0.417 e. The molecule has 1 unspecified atom stereocenters. The zero-order valence-corrected chi connectivity index (χ0v) is 20.6. The van der Waals surface area contributed by atoms with Gasteiger partial charge < -0.3 is 25.0 Å². The lowest BCUT2D eigenvalue weighted by Gasteiger charge is -2.32. The first-order chi connectivity index (χ1) is 17.2. The fraction of sp³-hybridized carbons (Fsp3) is 0.520. The number of hydrogen-bond acceptors (Lipinski definition) is 6. The zero-order chi connectivity index (χ0) is 27.7. The number of carbonyl (C=O) groups is 1. The summed E-state index contributed by atoms with van der Waals surface area (Å²) in [5.74, 6) is -4.32. The van der Waals surface area contributed by atoms with Crippen LogP contribution in [0, 0.1) is 18.7 Å². The van der Waals surface area contributed by atoms with Gasteiger partial charge in [-0.15, -0.1) is 0 Å². The number of aliphatic hydroxyl groups is 2. The molecule has 1 amide bonds. The Morgan fingerprint density at radius 1 is 1.30 bits per heavy atom. The van der Waals surface area contributed by atoms with Gasteiger partial charge in [0.25, 0.3) is 5.91 Å². The van der Waals surface area contributed by atoms with Gasteiger partial charge in [-0.2, -0.15) is 13.2 Å². The number of nitrogens with one attached hydrogen (secondary N) is 1. The molecule has 1 aliphatic heterocycles. The highest BCUT2D eigenvalue weighted by atomic mass is 19.4. The minimum atomic E-state index is -4.85. The van der Waals surface area contributed by atoms with Crippen LogP contribution in [0.4, 0.5) is 27.6 Å². The number of anilines is 1. The van der Waals surface area contributed by atoms with E-state index in [4.69, 9.17) is 14.6 Å². The molecule has 2 heterocycles. The maximum absolute atomic E-state index is 14.4. The third kappa shape index (κ3) is 5.70. The third-order valence-corrected chi connectivity index (χ3v) is 6.68. The number of carbonyl (C=O) groups excluding carboxylic acids is 1. The Bertz CT molecular complexity index is 1110. The van der Waals surface area contributed by atoms with Crippen LogP contribution in [0.3, 0.4) is 0 Å². The van der Waals surface area contributed by atoms with Gasteiger partial charge in [0.15, 0.2) is 5.60 Å². The summed E-state index contributed by atoms with van der Waals surface area (Å²) < 4.78 is 81.2. The lowest BCUT2D eigenvalue weighted by molar-refractivity contribution is -0.272. The van der Waals surface area contributed by atoms with E-state index in [1.54, 1.807) is 0 Å². The van der Waals surface area contributed by atoms with E-state index in [1.807, 2.05) is 0 Å². The Kier molecular flexibility index (Phi) is 8.45. The summed E-state index contributed by atoms with van der Waals surface area (Å²) in [6.45, 7) is 3.63. The number of benzene rings is 1. The average Bonchev–Trinajstić information content (AvgIpc) is 3.11. The van der Waals surface area contributed by atoms with Crippen LogP contribution < -0.4 is 10.1 Å². The molecule has 2 aromatic rings. The van der Waals surface area contributed by atoms with Crippen LogP contribution in [0.5, 0.6) is 5.75 Å². The minimum absolute atomic E-state index is 0.0349. The standard InChI is InChI=1S/C25H29F5N2O5/c1-12(26)11-36-21-13(2)17(27)7-6-16(21)20-14(3)24(4,25(28,29)30)37-22(20)23(35)32-15-5-8-18(31-9-15)19(34)10-33/h5-9,12,14,19-20,22,33-34H,10-11H2,1-4H3,(H,32,35)/t12?,14-,19-,20-,22+,24+/m0/s1. The third-order valence-electron chi connectivity index (χ3n) is 6.68. The van der Waals surface area contributed by atoms with E-state index >= 15 is 0 Å². The molecule has 0 spiro atoms. The van der Waals surface area contributed by atoms with Gasteiger partial charge in [0.1, 0.15) is 36.6 Å². The Labute approximate surface area is 210 Å². The molecule has 7 nitrogen and oxygen atoms in total. The SMILES string of the molecule is Cc1c(F)ccc([C@H]2[C@H](C(=O)Nc3ccc([C@@H](O)CO)nc3)O[C@@](C)(C(F)(F)F)[C@H]2C)c1OCC(C)F. The second-order valence-corrected chi connectivity index (χ2v) is 9.30. The lowest BCUT2D eigenvalue weighted by atomic mass is 9.76. The van der Waals surface area contributed by atoms with Crippen molar-refractivity contribution in [2.75, 3.05) is 18.5 Å². The summed E-state index contributed by atoms with van der Waals surface area (Å²) >= 11 is 0. The molecule has 1 aromatic carbocycles. The largest absolute Gasteiger partial charge is 0.490 e. The van der Waals surface area contributed by atoms with Crippen molar-refractivity contribution in [3.8, 4) is 5.75 Å². The highest BCUT2D eigenvalue weighted by molar-refractivity contribution is 5.95. The van der Waals surface area contributed by atoms with Crippen molar-refractivity contribution in [2.24, 2.45) is 5.92 Å². The molecule has 0 aliphatic carbocycles. The van der Waals surface area contributed by atoms with Crippen LogP contribution in [0.25, 0.3) is 0 Å². The number of alkyl halides is 4. The van der Waals surface area contributed by atoms with Crippen molar-refractivity contribution in [1.29, 1.82) is 0 Å². The molecule has 1 fully saturated rings. The lowest BCUT2D eigenvalue weighted by Crippen LogP contribution is -2.47. The second kappa shape index (κ2) is 10.9. The number of rotatable bonds is 8. The number of pyridine rings is 1. The van der Waals surface area contributed by atoms with Crippen molar-refractivity contribution >= 4 is 11.6 Å². The Hall–Kier alpha value is -2.83. The molecule has 0 saturated carbocycles. The van der Waals surface area contributed by atoms with E-state index in [9.17, 15) is 31.9 Å². The van der Waals surface area contributed by atoms with Crippen molar-refractivity contribution in [3.63, 3.8) is 0 Å². The van der Waals surface area contributed by atoms with Gasteiger partial charge in [-0.25, -0.2) is 8.78 Å². The summed E-state index contributed by atoms with van der Waals surface area (Å²) in [6, 6.07) is 4.96. The minimum Gasteiger partial charge on any atom is -0.490 e. The van der Waals surface area contributed by atoms with Gasteiger partial charge in [-0.3, -0.25) is 9.78 Å². The molecule has 0 radical (unpaired) electrons. The van der Waals surface area contributed by atoms with Gasteiger partial charge in [-0.1, -0.05) is 13.0 Å². The van der Waals surface area contributed by atoms with E-state index in [0.717, 1.165) is 13.0 Å². The summed E-state index contributed by atoms with van der Waals surface area (Å²) in [7, 11) is 0. The van der Waals surface area contributed by atoms with Crippen molar-refractivity contribution in [2.45, 2.75) is 63.8 Å². The van der Waals surface area contributed by atoms with Crippen LogP contribution in [-0.4, -0.2) is 58.4 Å². The Morgan fingerprint density at radius 3 is 2.51 bits per heavy atom. The van der Waals surface area contributed by atoms with Gasteiger partial charge in [0, 0.05) is 23.0 Å². The van der Waals surface area contributed by atoms with Crippen LogP contribution in [-0.2, 0) is 9.53 Å². The van der Waals surface area contributed by atoms with Crippen molar-refractivity contribution < 1.29 is 46.4 Å². The van der Waals surface area contributed by atoms with Gasteiger partial charge in [-0.05, 0) is 39.0 Å². The Balaban J connectivity index is 2.03. The van der Waals surface area contributed by atoms with E-state index in [0.29, 0.717) is 0 Å². The molecule has 3 N–H and O–H groups in total. The quantitative estimate of drug-likeness (QED) is 0.437. The molecule has 1 aromatic heterocycles. The highest BCUT2D eigenvalue weighted by Gasteiger charge is 2.65. The summed E-state index contributed by atoms with van der Waals surface area (Å²) in [6.07, 6.45) is -8.05. The van der Waals surface area contributed by atoms with Gasteiger partial charge >= 0.3 is 6.18 Å². The number of aromatic nitrogens is 1. The topological polar surface area (TPSA) is 101 Å². The molecule has 1 aliphatic rings. The molecule has 204 valence electrons. The van der Waals surface area contributed by atoms with E-state index in [1.165, 1.54) is 45.2 Å². The zero-order valence-electron chi connectivity index (χ0n) is 20.6. The molecule has 12 heteroatoms. The summed E-state index contributed by atoms with van der Waals surface area (Å²) in [4.78, 5) is 17.2. The molecule has 37 heavy (non-hydrogen) atoms. The average molecular weight is 533 g/mol. The van der Waals surface area contributed by atoms with E-state index in [2.05, 4.69) is 10.3 Å². The van der Waals surface area contributed by atoms with Crippen LogP contribution in [0.2, 0.25) is 0 Å². The smallest absolute Gasteiger partial charge is 0.417 e. The fourth-order valence-electron chi connectivity index (χ4n) is 4.35. The first kappa shape index (κ1) is 28.7. The van der Waals surface area contributed by atoms with Crippen LogP contribution in [0.1, 0.15) is 49.6 Å². The van der Waals surface area contributed by atoms with Crippen molar-refractivity contribution in [3.05, 3.63) is 53.1 Å². The van der Waals surface area contributed by atoms with E-state index in [-0.39, 0.29) is 28.3 Å². The molecule has 6 atom stereocenters. The predicted molar refractivity (Wildman–Crippen MR) is 123 cm³/mol. The number of amides is 1. The summed E-state index contributed by atoms with van der Waals surface area (Å²) in [5, 5.41) is 21.1. The molecular formula is C25H29F5N2O5. The number of halogens is 5. The first-order valence-electron chi connectivity index (χ1n) is 11.6. The molecule has 1 saturated heterocycles. The van der Waals surface area contributed by atoms with Crippen LogP contribution >= 0.6 is 0 Å². The second-order valence-electron chi connectivity index (χ2n) is 9.30. The summed E-state index contributed by atoms with van der Waals surface area (Å²) in [5.41, 5.74) is -2.46.